The Morgan fingerprint density at radius 1 is 1.29 bits per heavy atom. The largest absolute Gasteiger partial charge is 0.364 e. The van der Waals surface area contributed by atoms with Gasteiger partial charge in [-0.1, -0.05) is 5.16 Å². The van der Waals surface area contributed by atoms with E-state index in [-0.39, 0.29) is 18.2 Å². The lowest BCUT2D eigenvalue weighted by Crippen LogP contribution is -2.13. The summed E-state index contributed by atoms with van der Waals surface area (Å²) in [6, 6.07) is 2.30. The number of nitrogens with zero attached hydrogens (tertiary/aromatic N) is 2. The molecule has 0 radical (unpaired) electrons. The quantitative estimate of drug-likeness (QED) is 0.551. The van der Waals surface area contributed by atoms with Gasteiger partial charge in [-0.2, -0.15) is 0 Å². The molecule has 0 atom stereocenters. The second-order valence-corrected chi connectivity index (χ2v) is 3.14. The van der Waals surface area contributed by atoms with Crippen LogP contribution in [-0.2, 0) is 6.54 Å². The molecule has 4 N–H and O–H groups in total. The van der Waals surface area contributed by atoms with Gasteiger partial charge in [0.25, 0.3) is 0 Å². The van der Waals surface area contributed by atoms with Crippen molar-refractivity contribution in [3.63, 3.8) is 0 Å². The minimum atomic E-state index is -0.864. The van der Waals surface area contributed by atoms with Crippen molar-refractivity contribution >= 4 is 11.6 Å². The number of pyridine rings is 1. The predicted octanol–water partition coefficient (Wildman–Crippen LogP) is 1.25. The first-order valence-corrected chi connectivity index (χ1v) is 4.66. The lowest BCUT2D eigenvalue weighted by molar-refractivity contribution is 0.412. The number of nitrogen functional groups attached to an aromatic ring is 1. The molecule has 2 aromatic rings. The minimum Gasteiger partial charge on any atom is -0.364 e. The molecule has 0 aromatic carbocycles. The summed E-state index contributed by atoms with van der Waals surface area (Å²) in [5.41, 5.74) is 2.60. The van der Waals surface area contributed by atoms with Crippen molar-refractivity contribution in [2.24, 2.45) is 5.84 Å². The van der Waals surface area contributed by atoms with E-state index in [0.29, 0.717) is 11.8 Å². The molecule has 0 aliphatic carbocycles. The van der Waals surface area contributed by atoms with E-state index in [4.69, 9.17) is 5.84 Å². The molecule has 0 saturated heterocycles. The van der Waals surface area contributed by atoms with E-state index < -0.39 is 11.6 Å². The summed E-state index contributed by atoms with van der Waals surface area (Å²) in [6.45, 7) is 0.204. The number of anilines is 2. The lowest BCUT2D eigenvalue weighted by atomic mass is 10.3. The first kappa shape index (κ1) is 11.3. The molecule has 0 spiro atoms. The van der Waals surface area contributed by atoms with Crippen LogP contribution in [0, 0.1) is 11.6 Å². The number of hydrazine groups is 1. The Hall–Kier alpha value is -2.22. The fraction of sp³-hybridized carbons (Fsp3) is 0.111. The van der Waals surface area contributed by atoms with Crippen LogP contribution in [0.25, 0.3) is 0 Å². The monoisotopic (exact) mass is 241 g/mol. The molecular weight excluding hydrogens is 232 g/mol. The molecule has 90 valence electrons. The fourth-order valence-corrected chi connectivity index (χ4v) is 1.19. The van der Waals surface area contributed by atoms with E-state index in [9.17, 15) is 8.78 Å². The highest BCUT2D eigenvalue weighted by Gasteiger charge is 2.11. The third kappa shape index (κ3) is 2.48. The first-order chi connectivity index (χ1) is 8.20. The number of hydrogen-bond acceptors (Lipinski definition) is 6. The van der Waals surface area contributed by atoms with Crippen molar-refractivity contribution in [1.29, 1.82) is 0 Å². The van der Waals surface area contributed by atoms with Crippen molar-refractivity contribution in [3.8, 4) is 0 Å². The van der Waals surface area contributed by atoms with Crippen LogP contribution in [-0.4, -0.2) is 10.1 Å². The summed E-state index contributed by atoms with van der Waals surface area (Å²) in [5, 5.41) is 6.27. The van der Waals surface area contributed by atoms with Gasteiger partial charge >= 0.3 is 0 Å². The Balaban J connectivity index is 2.15. The molecule has 17 heavy (non-hydrogen) atoms. The van der Waals surface area contributed by atoms with Gasteiger partial charge in [-0.25, -0.2) is 19.6 Å². The molecule has 2 aromatic heterocycles. The maximum atomic E-state index is 13.3. The zero-order valence-electron chi connectivity index (χ0n) is 8.58. The average molecular weight is 241 g/mol. The predicted molar refractivity (Wildman–Crippen MR) is 55.8 cm³/mol. The molecular formula is C9H9F2N5O. The van der Waals surface area contributed by atoms with E-state index in [1.54, 1.807) is 6.07 Å². The summed E-state index contributed by atoms with van der Waals surface area (Å²) in [4.78, 5) is 3.63. The molecule has 0 amide bonds. The van der Waals surface area contributed by atoms with Gasteiger partial charge in [0.1, 0.15) is 12.0 Å². The minimum absolute atomic E-state index is 0.123. The zero-order chi connectivity index (χ0) is 12.3. The molecule has 2 rings (SSSR count). The summed E-state index contributed by atoms with van der Waals surface area (Å²) in [5.74, 6) is 2.99. The van der Waals surface area contributed by atoms with Crippen LogP contribution in [0.4, 0.5) is 20.4 Å². The number of nitrogens with two attached hydrogens (primary N) is 1. The third-order valence-electron chi connectivity index (χ3n) is 1.99. The van der Waals surface area contributed by atoms with Crippen LogP contribution in [0.1, 0.15) is 5.69 Å². The maximum Gasteiger partial charge on any atom is 0.178 e. The molecule has 6 nitrogen and oxygen atoms in total. The topological polar surface area (TPSA) is 89.0 Å². The summed E-state index contributed by atoms with van der Waals surface area (Å²) >= 11 is 0. The highest BCUT2D eigenvalue weighted by molar-refractivity contribution is 5.46. The van der Waals surface area contributed by atoms with Crippen LogP contribution in [0.5, 0.6) is 0 Å². The molecule has 2 heterocycles. The van der Waals surface area contributed by atoms with Crippen molar-refractivity contribution < 1.29 is 13.3 Å². The van der Waals surface area contributed by atoms with E-state index in [1.165, 1.54) is 6.26 Å². The molecule has 0 aliphatic rings. The smallest absolute Gasteiger partial charge is 0.178 e. The Labute approximate surface area is 94.8 Å². The van der Waals surface area contributed by atoms with Gasteiger partial charge in [-0.3, -0.25) is 0 Å². The molecule has 0 saturated carbocycles. The van der Waals surface area contributed by atoms with Crippen LogP contribution < -0.4 is 16.6 Å². The number of nitrogens with one attached hydrogen (secondary N) is 2. The highest BCUT2D eigenvalue weighted by Crippen LogP contribution is 2.18. The number of hydrogen-bond donors (Lipinski definition) is 3. The van der Waals surface area contributed by atoms with Crippen molar-refractivity contribution in [2.75, 3.05) is 10.7 Å². The summed E-state index contributed by atoms with van der Waals surface area (Å²) in [6.07, 6.45) is 1.39. The lowest BCUT2D eigenvalue weighted by Gasteiger charge is -2.07. The number of aromatic nitrogens is 2. The number of halogens is 2. The first-order valence-electron chi connectivity index (χ1n) is 4.66. The normalized spacial score (nSPS) is 10.3. The van der Waals surface area contributed by atoms with Gasteiger partial charge in [-0.15, -0.1) is 0 Å². The van der Waals surface area contributed by atoms with Crippen LogP contribution in [0.3, 0.4) is 0 Å². The van der Waals surface area contributed by atoms with Gasteiger partial charge < -0.3 is 15.3 Å². The Morgan fingerprint density at radius 2 is 2.06 bits per heavy atom. The van der Waals surface area contributed by atoms with Crippen molar-refractivity contribution in [3.05, 3.63) is 35.7 Å². The van der Waals surface area contributed by atoms with Crippen molar-refractivity contribution in [2.45, 2.75) is 6.54 Å². The van der Waals surface area contributed by atoms with Gasteiger partial charge in [-0.05, 0) is 0 Å². The Kier molecular flexibility index (Phi) is 3.15. The van der Waals surface area contributed by atoms with Gasteiger partial charge in [0.05, 0.1) is 6.54 Å². The van der Waals surface area contributed by atoms with E-state index in [0.717, 1.165) is 0 Å². The third-order valence-corrected chi connectivity index (χ3v) is 1.99. The molecule has 0 unspecified atom stereocenters. The second-order valence-electron chi connectivity index (χ2n) is 3.14. The molecule has 8 heteroatoms. The van der Waals surface area contributed by atoms with E-state index in [1.807, 2.05) is 5.43 Å². The van der Waals surface area contributed by atoms with Gasteiger partial charge in [0.15, 0.2) is 23.3 Å². The van der Waals surface area contributed by atoms with Crippen LogP contribution >= 0.6 is 0 Å². The zero-order valence-corrected chi connectivity index (χ0v) is 8.58. The standard InChI is InChI=1S/C9H9F2N5O/c10-6-3-7(11)9(15-12)14-8(6)13-4-5-1-2-17-16-5/h1-3H,4,12H2,(H2,13,14,15). The summed E-state index contributed by atoms with van der Waals surface area (Å²) in [7, 11) is 0. The Morgan fingerprint density at radius 3 is 2.71 bits per heavy atom. The fourth-order valence-electron chi connectivity index (χ4n) is 1.19. The van der Waals surface area contributed by atoms with Crippen LogP contribution in [0.2, 0.25) is 0 Å². The average Bonchev–Trinajstić information content (AvgIpc) is 2.81. The molecule has 0 fully saturated rings. The molecule has 0 bridgehead atoms. The van der Waals surface area contributed by atoms with E-state index >= 15 is 0 Å². The second kappa shape index (κ2) is 4.74. The Bertz CT molecular complexity index is 502. The molecule has 0 aliphatic heterocycles. The highest BCUT2D eigenvalue weighted by atomic mass is 19.1. The summed E-state index contributed by atoms with van der Waals surface area (Å²) < 4.78 is 31.0. The van der Waals surface area contributed by atoms with Crippen molar-refractivity contribution in [1.82, 2.24) is 10.1 Å². The maximum absolute atomic E-state index is 13.3. The van der Waals surface area contributed by atoms with E-state index in [2.05, 4.69) is 20.0 Å². The number of rotatable bonds is 4. The van der Waals surface area contributed by atoms with Gasteiger partial charge in [0.2, 0.25) is 0 Å². The van der Waals surface area contributed by atoms with Gasteiger partial charge in [0, 0.05) is 12.1 Å². The SMILES string of the molecule is NNc1nc(NCc2ccon2)c(F)cc1F. The van der Waals surface area contributed by atoms with Crippen LogP contribution in [0.15, 0.2) is 22.9 Å².